The van der Waals surface area contributed by atoms with Crippen molar-refractivity contribution in [3.8, 4) is 0 Å². The highest BCUT2D eigenvalue weighted by Crippen LogP contribution is 2.45. The van der Waals surface area contributed by atoms with Gasteiger partial charge in [0.2, 0.25) is 0 Å². The van der Waals surface area contributed by atoms with E-state index in [-0.39, 0.29) is 39.9 Å². The quantitative estimate of drug-likeness (QED) is 0.379. The molecule has 0 radical (unpaired) electrons. The molecule has 7 heteroatoms. The van der Waals surface area contributed by atoms with Crippen molar-refractivity contribution in [3.63, 3.8) is 0 Å². The zero-order valence-corrected chi connectivity index (χ0v) is 21.7. The van der Waals surface area contributed by atoms with Gasteiger partial charge in [-0.25, -0.2) is 4.39 Å². The second-order valence-corrected chi connectivity index (χ2v) is 11.3. The zero-order chi connectivity index (χ0) is 23.9. The third-order valence-electron chi connectivity index (χ3n) is 6.37. The van der Waals surface area contributed by atoms with Crippen LogP contribution in [0.4, 0.5) is 14.9 Å². The number of rotatable bonds is 5. The van der Waals surface area contributed by atoms with Crippen molar-refractivity contribution in [1.29, 1.82) is 0 Å². The first-order chi connectivity index (χ1) is 15.6. The van der Waals surface area contributed by atoms with Crippen LogP contribution >= 0.6 is 27.7 Å². The summed E-state index contributed by atoms with van der Waals surface area (Å²) in [6.07, 6.45) is 3.47. The third kappa shape index (κ3) is 4.76. The van der Waals surface area contributed by atoms with Crippen molar-refractivity contribution < 1.29 is 14.0 Å². The van der Waals surface area contributed by atoms with E-state index in [4.69, 9.17) is 0 Å². The maximum Gasteiger partial charge on any atom is 0.293 e. The molecule has 2 aliphatic rings. The first kappa shape index (κ1) is 24.0. The van der Waals surface area contributed by atoms with Gasteiger partial charge < -0.3 is 4.90 Å². The molecule has 2 aromatic carbocycles. The number of carbonyl (C=O) groups excluding carboxylic acids is 2. The van der Waals surface area contributed by atoms with Gasteiger partial charge in [-0.1, -0.05) is 41.9 Å². The van der Waals surface area contributed by atoms with Crippen molar-refractivity contribution in [2.24, 2.45) is 0 Å². The van der Waals surface area contributed by atoms with E-state index in [2.05, 4.69) is 48.5 Å². The van der Waals surface area contributed by atoms with Crippen LogP contribution in [0.15, 0.2) is 45.8 Å². The summed E-state index contributed by atoms with van der Waals surface area (Å²) in [6.45, 7) is 9.76. The van der Waals surface area contributed by atoms with Gasteiger partial charge in [0.15, 0.2) is 0 Å². The van der Waals surface area contributed by atoms with Crippen LogP contribution in [-0.4, -0.2) is 28.1 Å². The Morgan fingerprint density at radius 3 is 2.58 bits per heavy atom. The first-order valence-corrected chi connectivity index (χ1v) is 12.8. The molecule has 1 atom stereocenters. The van der Waals surface area contributed by atoms with Crippen LogP contribution in [0.3, 0.4) is 0 Å². The standard InChI is InChI=1S/C26H28BrFN2O2S/c1-5-10-30-22-13-21(28)18(11-20(22)16(2)14-26(30,3)4)12-23-24(31)29(25(32)33-23)15-17-6-8-19(27)9-7-17/h6-9,11-13,16H,5,10,14-15H2,1-4H3/b23-12+. The van der Waals surface area contributed by atoms with Gasteiger partial charge in [-0.3, -0.25) is 14.5 Å². The highest BCUT2D eigenvalue weighted by atomic mass is 79.9. The number of benzene rings is 2. The number of amides is 2. The zero-order valence-electron chi connectivity index (χ0n) is 19.3. The van der Waals surface area contributed by atoms with Crippen LogP contribution < -0.4 is 4.90 Å². The number of imide groups is 1. The fourth-order valence-corrected chi connectivity index (χ4v) is 5.92. The molecule has 1 unspecified atom stereocenters. The second kappa shape index (κ2) is 9.26. The van der Waals surface area contributed by atoms with Crippen molar-refractivity contribution in [2.45, 2.75) is 58.5 Å². The van der Waals surface area contributed by atoms with Gasteiger partial charge >= 0.3 is 0 Å². The van der Waals surface area contributed by atoms with Crippen LogP contribution in [0.1, 0.15) is 63.1 Å². The van der Waals surface area contributed by atoms with Crippen molar-refractivity contribution in [1.82, 2.24) is 4.90 Å². The summed E-state index contributed by atoms with van der Waals surface area (Å²) in [6, 6.07) is 10.9. The first-order valence-electron chi connectivity index (χ1n) is 11.2. The minimum Gasteiger partial charge on any atom is -0.366 e. The lowest BCUT2D eigenvalue weighted by atomic mass is 9.79. The van der Waals surface area contributed by atoms with E-state index in [1.165, 1.54) is 11.0 Å². The minimum atomic E-state index is -0.383. The van der Waals surface area contributed by atoms with E-state index in [1.54, 1.807) is 6.07 Å². The third-order valence-corrected chi connectivity index (χ3v) is 7.80. The normalized spacial score (nSPS) is 21.2. The number of halogens is 2. The Bertz CT molecular complexity index is 1130. The van der Waals surface area contributed by atoms with Gasteiger partial charge in [-0.15, -0.1) is 0 Å². The van der Waals surface area contributed by atoms with Gasteiger partial charge in [0.05, 0.1) is 11.4 Å². The van der Waals surface area contributed by atoms with E-state index >= 15 is 4.39 Å². The van der Waals surface area contributed by atoms with Crippen LogP contribution in [0.5, 0.6) is 0 Å². The molecule has 0 aromatic heterocycles. The Morgan fingerprint density at radius 2 is 1.91 bits per heavy atom. The number of nitrogens with zero attached hydrogens (tertiary/aromatic N) is 2. The van der Waals surface area contributed by atoms with Gasteiger partial charge in [-0.05, 0) is 85.8 Å². The predicted octanol–water partition coefficient (Wildman–Crippen LogP) is 7.33. The molecule has 2 aliphatic heterocycles. The molecule has 4 rings (SSSR count). The summed E-state index contributed by atoms with van der Waals surface area (Å²) in [5.74, 6) is -0.491. The number of hydrogen-bond acceptors (Lipinski definition) is 4. The maximum absolute atomic E-state index is 15.2. The Labute approximate surface area is 207 Å². The van der Waals surface area contributed by atoms with Crippen molar-refractivity contribution in [3.05, 3.63) is 68.3 Å². The maximum atomic E-state index is 15.2. The molecular weight excluding hydrogens is 503 g/mol. The minimum absolute atomic E-state index is 0.0495. The number of thioether (sulfide) groups is 1. The predicted molar refractivity (Wildman–Crippen MR) is 137 cm³/mol. The summed E-state index contributed by atoms with van der Waals surface area (Å²) in [7, 11) is 0. The Kier molecular flexibility index (Phi) is 6.74. The van der Waals surface area contributed by atoms with E-state index in [0.717, 1.165) is 52.4 Å². The monoisotopic (exact) mass is 530 g/mol. The van der Waals surface area contributed by atoms with E-state index < -0.39 is 0 Å². The molecule has 0 bridgehead atoms. The molecule has 0 saturated carbocycles. The molecule has 0 aliphatic carbocycles. The summed E-state index contributed by atoms with van der Waals surface area (Å²) < 4.78 is 16.2. The summed E-state index contributed by atoms with van der Waals surface area (Å²) in [4.78, 5) is 29.2. The number of fused-ring (bicyclic) bond motifs is 1. The molecule has 0 N–H and O–H groups in total. The number of carbonyl (C=O) groups is 2. The Hall–Kier alpha value is -2.12. The van der Waals surface area contributed by atoms with E-state index in [9.17, 15) is 9.59 Å². The van der Waals surface area contributed by atoms with Crippen LogP contribution in [0, 0.1) is 5.82 Å². The van der Waals surface area contributed by atoms with Crippen LogP contribution in [0.2, 0.25) is 0 Å². The lowest BCUT2D eigenvalue weighted by Crippen LogP contribution is -2.48. The molecular formula is C26H28BrFN2O2S. The molecule has 1 saturated heterocycles. The molecule has 33 heavy (non-hydrogen) atoms. The summed E-state index contributed by atoms with van der Waals surface area (Å²) in [5, 5.41) is -0.336. The van der Waals surface area contributed by atoms with Gasteiger partial charge in [0, 0.05) is 27.8 Å². The number of anilines is 1. The summed E-state index contributed by atoms with van der Waals surface area (Å²) >= 11 is 4.25. The summed E-state index contributed by atoms with van der Waals surface area (Å²) in [5.41, 5.74) is 3.18. The number of hydrogen-bond donors (Lipinski definition) is 0. The van der Waals surface area contributed by atoms with Crippen molar-refractivity contribution in [2.75, 3.05) is 11.4 Å². The fraction of sp³-hybridized carbons (Fsp3) is 0.385. The Morgan fingerprint density at radius 1 is 1.21 bits per heavy atom. The second-order valence-electron chi connectivity index (χ2n) is 9.40. The molecule has 2 amide bonds. The lowest BCUT2D eigenvalue weighted by Gasteiger charge is -2.47. The van der Waals surface area contributed by atoms with Gasteiger partial charge in [0.1, 0.15) is 5.82 Å². The molecule has 2 aromatic rings. The van der Waals surface area contributed by atoms with Crippen molar-refractivity contribution >= 4 is 50.6 Å². The average molecular weight is 531 g/mol. The van der Waals surface area contributed by atoms with Crippen LogP contribution in [0.25, 0.3) is 6.08 Å². The SMILES string of the molecule is CCCN1c2cc(F)c(/C=C3/SC(=O)N(Cc4ccc(Br)cc4)C3=O)cc2C(C)CC1(C)C. The molecule has 2 heterocycles. The van der Waals surface area contributed by atoms with Gasteiger partial charge in [-0.2, -0.15) is 0 Å². The lowest BCUT2D eigenvalue weighted by molar-refractivity contribution is -0.123. The largest absolute Gasteiger partial charge is 0.366 e. The molecule has 1 fully saturated rings. The fourth-order valence-electron chi connectivity index (χ4n) is 4.83. The van der Waals surface area contributed by atoms with Gasteiger partial charge in [0.25, 0.3) is 11.1 Å². The molecule has 174 valence electrons. The molecule has 0 spiro atoms. The highest BCUT2D eigenvalue weighted by Gasteiger charge is 2.38. The molecule has 4 nitrogen and oxygen atoms in total. The average Bonchev–Trinajstić information content (AvgIpc) is 3.00. The topological polar surface area (TPSA) is 40.6 Å². The van der Waals surface area contributed by atoms with E-state index in [1.807, 2.05) is 30.3 Å². The Balaban J connectivity index is 1.64. The van der Waals surface area contributed by atoms with E-state index in [0.29, 0.717) is 5.56 Å². The van der Waals surface area contributed by atoms with Crippen LogP contribution in [-0.2, 0) is 11.3 Å². The highest BCUT2D eigenvalue weighted by molar-refractivity contribution is 9.10. The smallest absolute Gasteiger partial charge is 0.293 e.